The van der Waals surface area contributed by atoms with Crippen molar-refractivity contribution >= 4 is 23.2 Å². The van der Waals surface area contributed by atoms with E-state index in [2.05, 4.69) is 0 Å². The first-order valence-electron chi connectivity index (χ1n) is 7.47. The van der Waals surface area contributed by atoms with Crippen LogP contribution in [0.5, 0.6) is 5.75 Å². The first-order chi connectivity index (χ1) is 11.5. The smallest absolute Gasteiger partial charge is 0.134 e. The summed E-state index contributed by atoms with van der Waals surface area (Å²) in [5.74, 6) is -0.287. The number of hydrogen-bond acceptors (Lipinski definition) is 1. The zero-order chi connectivity index (χ0) is 17.3. The van der Waals surface area contributed by atoms with Gasteiger partial charge in [-0.3, -0.25) is 0 Å². The summed E-state index contributed by atoms with van der Waals surface area (Å²) < 4.78 is 15.1. The van der Waals surface area contributed by atoms with E-state index in [1.807, 2.05) is 43.3 Å². The largest absolute Gasteiger partial charge is 0.508 e. The summed E-state index contributed by atoms with van der Waals surface area (Å²) in [5, 5.41) is 10.2. The molecule has 24 heavy (non-hydrogen) atoms. The highest BCUT2D eigenvalue weighted by atomic mass is 35.5. The fraction of sp³-hybridized carbons (Fsp3) is 0.100. The Morgan fingerprint density at radius 2 is 1.58 bits per heavy atom. The van der Waals surface area contributed by atoms with Crippen LogP contribution in [0.15, 0.2) is 54.6 Å². The molecule has 0 saturated carbocycles. The monoisotopic (exact) mass is 360 g/mol. The van der Waals surface area contributed by atoms with E-state index in [4.69, 9.17) is 23.2 Å². The zero-order valence-corrected chi connectivity index (χ0v) is 14.5. The molecule has 0 unspecified atom stereocenters. The van der Waals surface area contributed by atoms with Gasteiger partial charge in [0, 0.05) is 22.0 Å². The van der Waals surface area contributed by atoms with E-state index in [0.29, 0.717) is 26.7 Å². The van der Waals surface area contributed by atoms with Crippen LogP contribution < -0.4 is 0 Å². The molecule has 0 spiro atoms. The SMILES string of the molecule is Cc1ccc(Cc2c(Cl)cc(O)cc2Cl)c(F)c1-c1ccccc1. The maximum atomic E-state index is 15.1. The van der Waals surface area contributed by atoms with Gasteiger partial charge < -0.3 is 5.11 Å². The average molecular weight is 361 g/mol. The van der Waals surface area contributed by atoms with E-state index in [-0.39, 0.29) is 18.0 Å². The minimum atomic E-state index is -0.276. The molecule has 3 aromatic carbocycles. The third-order valence-corrected chi connectivity index (χ3v) is 4.66. The molecule has 122 valence electrons. The van der Waals surface area contributed by atoms with Crippen molar-refractivity contribution in [2.75, 3.05) is 0 Å². The third-order valence-electron chi connectivity index (χ3n) is 3.99. The normalized spacial score (nSPS) is 10.8. The molecular weight excluding hydrogens is 346 g/mol. The lowest BCUT2D eigenvalue weighted by molar-refractivity contribution is 0.475. The number of halogens is 3. The zero-order valence-electron chi connectivity index (χ0n) is 13.0. The molecule has 0 aliphatic carbocycles. The van der Waals surface area contributed by atoms with Gasteiger partial charge in [0.15, 0.2) is 0 Å². The number of hydrogen-bond donors (Lipinski definition) is 1. The lowest BCUT2D eigenvalue weighted by Crippen LogP contribution is -1.99. The highest BCUT2D eigenvalue weighted by molar-refractivity contribution is 6.36. The van der Waals surface area contributed by atoms with E-state index in [0.717, 1.165) is 11.1 Å². The topological polar surface area (TPSA) is 20.2 Å². The van der Waals surface area contributed by atoms with Crippen LogP contribution in [0, 0.1) is 12.7 Å². The second-order valence-corrected chi connectivity index (χ2v) is 6.48. The fourth-order valence-corrected chi connectivity index (χ4v) is 3.37. The van der Waals surface area contributed by atoms with Crippen LogP contribution in [0.4, 0.5) is 4.39 Å². The van der Waals surface area contributed by atoms with Crippen molar-refractivity contribution in [1.29, 1.82) is 0 Å². The van der Waals surface area contributed by atoms with Crippen molar-refractivity contribution in [3.63, 3.8) is 0 Å². The first-order valence-corrected chi connectivity index (χ1v) is 8.23. The van der Waals surface area contributed by atoms with Gasteiger partial charge in [-0.15, -0.1) is 0 Å². The van der Waals surface area contributed by atoms with E-state index in [1.165, 1.54) is 12.1 Å². The van der Waals surface area contributed by atoms with Crippen LogP contribution >= 0.6 is 23.2 Å². The van der Waals surface area contributed by atoms with Gasteiger partial charge in [0.1, 0.15) is 11.6 Å². The maximum Gasteiger partial charge on any atom is 0.134 e. The quantitative estimate of drug-likeness (QED) is 0.572. The number of rotatable bonds is 3. The van der Waals surface area contributed by atoms with Crippen LogP contribution in [-0.4, -0.2) is 5.11 Å². The summed E-state index contributed by atoms with van der Waals surface area (Å²) in [5.41, 5.74) is 3.38. The fourth-order valence-electron chi connectivity index (χ4n) is 2.76. The Kier molecular flexibility index (Phi) is 4.79. The average Bonchev–Trinajstić information content (AvgIpc) is 2.54. The van der Waals surface area contributed by atoms with Gasteiger partial charge in [-0.05, 0) is 41.3 Å². The molecule has 4 heteroatoms. The lowest BCUT2D eigenvalue weighted by Gasteiger charge is -2.14. The maximum absolute atomic E-state index is 15.1. The summed E-state index contributed by atoms with van der Waals surface area (Å²) in [6.07, 6.45) is 0.254. The van der Waals surface area contributed by atoms with Crippen LogP contribution in [0.2, 0.25) is 10.0 Å². The Labute approximate surface area is 150 Å². The van der Waals surface area contributed by atoms with E-state index in [9.17, 15) is 5.11 Å². The second kappa shape index (κ2) is 6.84. The molecule has 0 fully saturated rings. The molecule has 0 amide bonds. The van der Waals surface area contributed by atoms with Crippen molar-refractivity contribution in [2.45, 2.75) is 13.3 Å². The predicted octanol–water partition coefficient (Wildman–Crippen LogP) is 6.40. The van der Waals surface area contributed by atoms with Gasteiger partial charge in [-0.25, -0.2) is 4.39 Å². The van der Waals surface area contributed by atoms with Gasteiger partial charge in [0.25, 0.3) is 0 Å². The highest BCUT2D eigenvalue weighted by Crippen LogP contribution is 2.34. The lowest BCUT2D eigenvalue weighted by atomic mass is 9.94. The highest BCUT2D eigenvalue weighted by Gasteiger charge is 2.16. The molecule has 3 rings (SSSR count). The van der Waals surface area contributed by atoms with Crippen molar-refractivity contribution in [3.05, 3.63) is 87.2 Å². The number of aryl methyl sites for hydroxylation is 1. The Balaban J connectivity index is 2.08. The molecule has 1 N–H and O–H groups in total. The Morgan fingerprint density at radius 1 is 0.958 bits per heavy atom. The molecule has 1 nitrogen and oxygen atoms in total. The molecule has 0 aliphatic rings. The van der Waals surface area contributed by atoms with Gasteiger partial charge in [-0.1, -0.05) is 65.7 Å². The molecule has 0 atom stereocenters. The van der Waals surface area contributed by atoms with Crippen LogP contribution in [0.25, 0.3) is 11.1 Å². The minimum Gasteiger partial charge on any atom is -0.508 e. The standard InChI is InChI=1S/C20H15Cl2FO/c1-12-7-8-14(9-16-17(21)10-15(24)11-18(16)22)20(23)19(12)13-5-3-2-4-6-13/h2-8,10-11,24H,9H2,1H3. The molecule has 0 bridgehead atoms. The summed E-state index contributed by atoms with van der Waals surface area (Å²) in [7, 11) is 0. The van der Waals surface area contributed by atoms with Crippen LogP contribution in [0.1, 0.15) is 16.7 Å². The molecule has 0 aliphatic heterocycles. The molecule has 0 saturated heterocycles. The molecule has 0 heterocycles. The first kappa shape index (κ1) is 16.8. The van der Waals surface area contributed by atoms with Crippen molar-refractivity contribution in [3.8, 4) is 16.9 Å². The number of benzene rings is 3. The molecule has 3 aromatic rings. The van der Waals surface area contributed by atoms with Crippen molar-refractivity contribution in [1.82, 2.24) is 0 Å². The van der Waals surface area contributed by atoms with E-state index in [1.54, 1.807) is 6.07 Å². The van der Waals surface area contributed by atoms with Gasteiger partial charge in [0.2, 0.25) is 0 Å². The van der Waals surface area contributed by atoms with Crippen LogP contribution in [-0.2, 0) is 6.42 Å². The van der Waals surface area contributed by atoms with Gasteiger partial charge >= 0.3 is 0 Å². The summed E-state index contributed by atoms with van der Waals surface area (Å²) >= 11 is 12.3. The molecule has 0 radical (unpaired) electrons. The van der Waals surface area contributed by atoms with Crippen molar-refractivity contribution in [2.24, 2.45) is 0 Å². The van der Waals surface area contributed by atoms with Crippen LogP contribution in [0.3, 0.4) is 0 Å². The van der Waals surface area contributed by atoms with Gasteiger partial charge in [-0.2, -0.15) is 0 Å². The minimum absolute atomic E-state index is 0.0110. The second-order valence-electron chi connectivity index (χ2n) is 5.66. The summed E-state index contributed by atoms with van der Waals surface area (Å²) in [4.78, 5) is 0. The number of phenolic OH excluding ortho intramolecular Hbond substituents is 1. The Bertz CT molecular complexity index is 869. The van der Waals surface area contributed by atoms with Crippen molar-refractivity contribution < 1.29 is 9.50 Å². The molecular formula is C20H15Cl2FO. The van der Waals surface area contributed by atoms with E-state index < -0.39 is 0 Å². The van der Waals surface area contributed by atoms with E-state index >= 15 is 4.39 Å². The number of phenols is 1. The third kappa shape index (κ3) is 3.26. The number of aromatic hydroxyl groups is 1. The Morgan fingerprint density at radius 3 is 2.21 bits per heavy atom. The summed E-state index contributed by atoms with van der Waals surface area (Å²) in [6, 6.07) is 15.9. The predicted molar refractivity (Wildman–Crippen MR) is 97.5 cm³/mol. The summed E-state index contributed by atoms with van der Waals surface area (Å²) in [6.45, 7) is 1.88. The van der Waals surface area contributed by atoms with Gasteiger partial charge in [0.05, 0.1) is 0 Å². The molecule has 0 aromatic heterocycles. The Hall–Kier alpha value is -2.03.